The number of amides is 1. The number of nitrogens with zero attached hydrogens (tertiary/aromatic N) is 1. The number of carbonyl (C=O) groups is 2. The maximum atomic E-state index is 12.5. The molecule has 2 aromatic carbocycles. The molecular weight excluding hydrogens is 344 g/mol. The molecule has 0 aliphatic rings. The van der Waals surface area contributed by atoms with Gasteiger partial charge in [-0.05, 0) is 25.1 Å². The number of para-hydroxylation sites is 1. The maximum absolute atomic E-state index is 12.5. The lowest BCUT2D eigenvalue weighted by Gasteiger charge is -2.22. The molecule has 1 amide bonds. The van der Waals surface area contributed by atoms with E-state index in [0.29, 0.717) is 5.69 Å². The highest BCUT2D eigenvalue weighted by atomic mass is 35.5. The number of benzene rings is 2. The van der Waals surface area contributed by atoms with Crippen molar-refractivity contribution in [2.75, 3.05) is 24.8 Å². The molecular formula is C18H19ClN2O4. The van der Waals surface area contributed by atoms with Crippen LogP contribution in [0.15, 0.2) is 42.5 Å². The van der Waals surface area contributed by atoms with Crippen molar-refractivity contribution in [3.63, 3.8) is 0 Å². The SMILES string of the molecule is COc1cc(N)c(Cl)cc1C(=O)O[C@H](C)C(=O)N(C)c1ccccc1. The molecule has 0 fully saturated rings. The van der Waals surface area contributed by atoms with E-state index in [1.54, 1.807) is 19.2 Å². The second kappa shape index (κ2) is 7.90. The van der Waals surface area contributed by atoms with E-state index >= 15 is 0 Å². The normalized spacial score (nSPS) is 11.5. The van der Waals surface area contributed by atoms with E-state index in [1.807, 2.05) is 18.2 Å². The Morgan fingerprint density at radius 3 is 2.44 bits per heavy atom. The third-order valence-corrected chi connectivity index (χ3v) is 3.97. The summed E-state index contributed by atoms with van der Waals surface area (Å²) in [6.45, 7) is 1.51. The van der Waals surface area contributed by atoms with Crippen molar-refractivity contribution < 1.29 is 19.1 Å². The number of ether oxygens (including phenoxy) is 2. The van der Waals surface area contributed by atoms with Crippen LogP contribution in [0.5, 0.6) is 5.75 Å². The third kappa shape index (κ3) is 4.22. The van der Waals surface area contributed by atoms with E-state index in [4.69, 9.17) is 26.8 Å². The number of nitrogens with two attached hydrogens (primary N) is 1. The Labute approximate surface area is 151 Å². The molecule has 25 heavy (non-hydrogen) atoms. The second-order valence-corrected chi connectivity index (χ2v) is 5.76. The Morgan fingerprint density at radius 1 is 1.20 bits per heavy atom. The van der Waals surface area contributed by atoms with Gasteiger partial charge in [0.1, 0.15) is 11.3 Å². The van der Waals surface area contributed by atoms with Gasteiger partial charge < -0.3 is 20.1 Å². The second-order valence-electron chi connectivity index (χ2n) is 5.35. The number of esters is 1. The number of hydrogen-bond donors (Lipinski definition) is 1. The average molecular weight is 363 g/mol. The van der Waals surface area contributed by atoms with E-state index < -0.39 is 12.1 Å². The lowest BCUT2D eigenvalue weighted by atomic mass is 10.1. The van der Waals surface area contributed by atoms with Gasteiger partial charge in [0, 0.05) is 18.8 Å². The van der Waals surface area contributed by atoms with Crippen LogP contribution in [0.25, 0.3) is 0 Å². The summed E-state index contributed by atoms with van der Waals surface area (Å²) in [5.41, 5.74) is 6.77. The number of likely N-dealkylation sites (N-methyl/N-ethyl adjacent to an activating group) is 1. The molecule has 0 aromatic heterocycles. The van der Waals surface area contributed by atoms with Crippen LogP contribution in [0, 0.1) is 0 Å². The van der Waals surface area contributed by atoms with Gasteiger partial charge >= 0.3 is 5.97 Å². The summed E-state index contributed by atoms with van der Waals surface area (Å²) in [6, 6.07) is 11.8. The highest BCUT2D eigenvalue weighted by Gasteiger charge is 2.25. The topological polar surface area (TPSA) is 81.9 Å². The van der Waals surface area contributed by atoms with Crippen LogP contribution in [0.3, 0.4) is 0 Å². The average Bonchev–Trinajstić information content (AvgIpc) is 2.62. The third-order valence-electron chi connectivity index (χ3n) is 3.64. The molecule has 1 atom stereocenters. The zero-order valence-electron chi connectivity index (χ0n) is 14.2. The molecule has 2 aromatic rings. The van der Waals surface area contributed by atoms with Crippen molar-refractivity contribution in [1.29, 1.82) is 0 Å². The minimum Gasteiger partial charge on any atom is -0.496 e. The summed E-state index contributed by atoms with van der Waals surface area (Å²) < 4.78 is 10.4. The van der Waals surface area contributed by atoms with Crippen molar-refractivity contribution >= 4 is 34.9 Å². The van der Waals surface area contributed by atoms with Crippen molar-refractivity contribution in [3.05, 3.63) is 53.1 Å². The highest BCUT2D eigenvalue weighted by Crippen LogP contribution is 2.29. The molecule has 0 spiro atoms. The quantitative estimate of drug-likeness (QED) is 0.652. The molecule has 132 valence electrons. The fraction of sp³-hybridized carbons (Fsp3) is 0.222. The number of nitrogen functional groups attached to an aromatic ring is 1. The molecule has 6 nitrogen and oxygen atoms in total. The highest BCUT2D eigenvalue weighted by molar-refractivity contribution is 6.33. The van der Waals surface area contributed by atoms with E-state index in [2.05, 4.69) is 0 Å². The lowest BCUT2D eigenvalue weighted by Crippen LogP contribution is -2.37. The lowest BCUT2D eigenvalue weighted by molar-refractivity contribution is -0.126. The van der Waals surface area contributed by atoms with Crippen LogP contribution < -0.4 is 15.4 Å². The van der Waals surface area contributed by atoms with E-state index in [1.165, 1.54) is 31.1 Å². The molecule has 0 radical (unpaired) electrons. The van der Waals surface area contributed by atoms with Gasteiger partial charge in [0.15, 0.2) is 6.10 Å². The summed E-state index contributed by atoms with van der Waals surface area (Å²) in [5, 5.41) is 0.202. The number of carbonyl (C=O) groups excluding carboxylic acids is 2. The minimum absolute atomic E-state index is 0.101. The molecule has 2 N–H and O–H groups in total. The standard InChI is InChI=1S/C18H19ClN2O4/c1-11(17(22)21(2)12-7-5-4-6-8-12)25-18(23)13-9-14(19)15(20)10-16(13)24-3/h4-11H,20H2,1-3H3/t11-/m1/s1. The van der Waals surface area contributed by atoms with Crippen molar-refractivity contribution in [2.24, 2.45) is 0 Å². The molecule has 0 saturated carbocycles. The number of methoxy groups -OCH3 is 1. The Hall–Kier alpha value is -2.73. The van der Waals surface area contributed by atoms with Gasteiger partial charge in [0.2, 0.25) is 0 Å². The molecule has 0 aliphatic carbocycles. The van der Waals surface area contributed by atoms with Crippen molar-refractivity contribution in [2.45, 2.75) is 13.0 Å². The Morgan fingerprint density at radius 2 is 1.84 bits per heavy atom. The smallest absolute Gasteiger partial charge is 0.342 e. The molecule has 7 heteroatoms. The van der Waals surface area contributed by atoms with Gasteiger partial charge in [-0.2, -0.15) is 0 Å². The number of rotatable bonds is 5. The van der Waals surface area contributed by atoms with Crippen LogP contribution in [0.1, 0.15) is 17.3 Å². The first-order chi connectivity index (χ1) is 11.8. The zero-order chi connectivity index (χ0) is 18.6. The summed E-state index contributed by atoms with van der Waals surface area (Å²) in [4.78, 5) is 26.3. The first-order valence-electron chi connectivity index (χ1n) is 7.51. The van der Waals surface area contributed by atoms with Gasteiger partial charge in [0.05, 0.1) is 17.8 Å². The predicted octanol–water partition coefficient (Wildman–Crippen LogP) is 3.14. The Bertz CT molecular complexity index is 780. The fourth-order valence-corrected chi connectivity index (χ4v) is 2.39. The van der Waals surface area contributed by atoms with Crippen LogP contribution in [-0.2, 0) is 9.53 Å². The van der Waals surface area contributed by atoms with Crippen molar-refractivity contribution in [1.82, 2.24) is 0 Å². The van der Waals surface area contributed by atoms with E-state index in [0.717, 1.165) is 0 Å². The number of hydrogen-bond acceptors (Lipinski definition) is 5. The summed E-state index contributed by atoms with van der Waals surface area (Å²) in [7, 11) is 3.01. The zero-order valence-corrected chi connectivity index (χ0v) is 14.9. The number of halogens is 1. The molecule has 0 heterocycles. The number of anilines is 2. The maximum Gasteiger partial charge on any atom is 0.342 e. The van der Waals surface area contributed by atoms with Gasteiger partial charge in [-0.15, -0.1) is 0 Å². The van der Waals surface area contributed by atoms with Crippen LogP contribution >= 0.6 is 11.6 Å². The molecule has 0 saturated heterocycles. The molecule has 0 unspecified atom stereocenters. The molecule has 2 rings (SSSR count). The first-order valence-corrected chi connectivity index (χ1v) is 7.89. The van der Waals surface area contributed by atoms with Gasteiger partial charge in [-0.25, -0.2) is 4.79 Å². The van der Waals surface area contributed by atoms with Crippen LogP contribution in [0.4, 0.5) is 11.4 Å². The summed E-state index contributed by atoms with van der Waals surface area (Å²) in [5.74, 6) is -0.857. The summed E-state index contributed by atoms with van der Waals surface area (Å²) >= 11 is 5.95. The van der Waals surface area contributed by atoms with Crippen LogP contribution in [-0.4, -0.2) is 32.1 Å². The Kier molecular flexibility index (Phi) is 5.88. The minimum atomic E-state index is -0.987. The first kappa shape index (κ1) is 18.6. The van der Waals surface area contributed by atoms with E-state index in [9.17, 15) is 9.59 Å². The summed E-state index contributed by atoms with van der Waals surface area (Å²) in [6.07, 6.45) is -0.987. The largest absolute Gasteiger partial charge is 0.496 e. The molecule has 0 bridgehead atoms. The fourth-order valence-electron chi connectivity index (χ4n) is 2.22. The van der Waals surface area contributed by atoms with Crippen molar-refractivity contribution in [3.8, 4) is 5.75 Å². The van der Waals surface area contributed by atoms with Crippen LogP contribution in [0.2, 0.25) is 5.02 Å². The molecule has 0 aliphatic heterocycles. The Balaban J connectivity index is 2.15. The van der Waals surface area contributed by atoms with E-state index in [-0.39, 0.29) is 27.9 Å². The van der Waals surface area contributed by atoms with Gasteiger partial charge in [0.25, 0.3) is 5.91 Å². The van der Waals surface area contributed by atoms with Gasteiger partial charge in [-0.1, -0.05) is 29.8 Å². The predicted molar refractivity (Wildman–Crippen MR) is 97.1 cm³/mol. The van der Waals surface area contributed by atoms with Gasteiger partial charge in [-0.3, -0.25) is 4.79 Å². The monoisotopic (exact) mass is 362 g/mol.